The number of carbonyl (C=O) groups is 1. The van der Waals surface area contributed by atoms with E-state index < -0.39 is 11.7 Å². The van der Waals surface area contributed by atoms with Crippen LogP contribution < -0.4 is 10.1 Å². The minimum Gasteiger partial charge on any atom is -0.497 e. The van der Waals surface area contributed by atoms with Crippen LogP contribution in [0.4, 0.5) is 4.39 Å². The normalized spacial score (nSPS) is 10.6. The molecule has 138 valence electrons. The molecule has 3 aromatic rings. The van der Waals surface area contributed by atoms with Gasteiger partial charge in [0.1, 0.15) is 11.6 Å². The lowest BCUT2D eigenvalue weighted by molar-refractivity contribution is 0.0948. The van der Waals surface area contributed by atoms with E-state index in [9.17, 15) is 9.18 Å². The molecule has 1 N–H and O–H groups in total. The highest BCUT2D eigenvalue weighted by atomic mass is 19.1. The fourth-order valence-electron chi connectivity index (χ4n) is 3.13. The molecule has 0 aromatic heterocycles. The molecule has 0 saturated heterocycles. The number of methoxy groups -OCH3 is 1. The van der Waals surface area contributed by atoms with Gasteiger partial charge in [0.25, 0.3) is 5.91 Å². The highest BCUT2D eigenvalue weighted by molar-refractivity contribution is 5.94. The van der Waals surface area contributed by atoms with E-state index in [4.69, 9.17) is 4.74 Å². The Balaban J connectivity index is 1.68. The summed E-state index contributed by atoms with van der Waals surface area (Å²) in [7, 11) is 1.46. The SMILES string of the molecule is COc1ccc(C(=O)NCCC(c2ccccc2)c2ccccc2)c(F)c1. The van der Waals surface area contributed by atoms with Gasteiger partial charge in [-0.2, -0.15) is 0 Å². The van der Waals surface area contributed by atoms with Crippen LogP contribution in [0.5, 0.6) is 5.75 Å². The van der Waals surface area contributed by atoms with Crippen LogP contribution in [0.15, 0.2) is 78.9 Å². The van der Waals surface area contributed by atoms with Crippen molar-refractivity contribution < 1.29 is 13.9 Å². The molecule has 1 amide bonds. The summed E-state index contributed by atoms with van der Waals surface area (Å²) in [6, 6.07) is 24.6. The van der Waals surface area contributed by atoms with Crippen LogP contribution in [0.1, 0.15) is 33.8 Å². The predicted molar refractivity (Wildman–Crippen MR) is 105 cm³/mol. The molecule has 27 heavy (non-hydrogen) atoms. The summed E-state index contributed by atoms with van der Waals surface area (Å²) >= 11 is 0. The van der Waals surface area contributed by atoms with Gasteiger partial charge in [0.05, 0.1) is 12.7 Å². The molecule has 0 radical (unpaired) electrons. The van der Waals surface area contributed by atoms with Crippen LogP contribution in [0.3, 0.4) is 0 Å². The Morgan fingerprint density at radius 3 is 2.07 bits per heavy atom. The largest absolute Gasteiger partial charge is 0.497 e. The number of ether oxygens (including phenoxy) is 1. The molecule has 0 bridgehead atoms. The Kier molecular flexibility index (Phi) is 6.21. The zero-order valence-corrected chi connectivity index (χ0v) is 15.2. The summed E-state index contributed by atoms with van der Waals surface area (Å²) < 4.78 is 19.0. The van der Waals surface area contributed by atoms with Crippen molar-refractivity contribution in [2.24, 2.45) is 0 Å². The zero-order chi connectivity index (χ0) is 19.1. The molecule has 0 fully saturated rings. The Morgan fingerprint density at radius 2 is 1.56 bits per heavy atom. The first-order valence-electron chi connectivity index (χ1n) is 8.90. The first kappa shape index (κ1) is 18.6. The van der Waals surface area contributed by atoms with Gasteiger partial charge < -0.3 is 10.1 Å². The second-order valence-electron chi connectivity index (χ2n) is 6.26. The molecule has 0 aliphatic rings. The van der Waals surface area contributed by atoms with Gasteiger partial charge in [0, 0.05) is 18.5 Å². The summed E-state index contributed by atoms with van der Waals surface area (Å²) in [5.41, 5.74) is 2.40. The van der Waals surface area contributed by atoms with Gasteiger partial charge in [-0.15, -0.1) is 0 Å². The predicted octanol–water partition coefficient (Wildman–Crippen LogP) is 4.79. The molecule has 0 atom stereocenters. The van der Waals surface area contributed by atoms with Crippen molar-refractivity contribution >= 4 is 5.91 Å². The van der Waals surface area contributed by atoms with Gasteiger partial charge in [-0.25, -0.2) is 4.39 Å². The molecule has 0 heterocycles. The van der Waals surface area contributed by atoms with Crippen LogP contribution in [-0.4, -0.2) is 19.6 Å². The number of amides is 1. The molecule has 3 rings (SSSR count). The lowest BCUT2D eigenvalue weighted by Gasteiger charge is -2.18. The van der Waals surface area contributed by atoms with Gasteiger partial charge in [-0.05, 0) is 29.7 Å². The average molecular weight is 363 g/mol. The van der Waals surface area contributed by atoms with Crippen LogP contribution in [0, 0.1) is 5.82 Å². The molecule has 0 aliphatic heterocycles. The number of halogens is 1. The Hall–Kier alpha value is -3.14. The van der Waals surface area contributed by atoms with E-state index in [-0.39, 0.29) is 11.5 Å². The minimum absolute atomic E-state index is 0.0202. The maximum Gasteiger partial charge on any atom is 0.254 e. The second-order valence-corrected chi connectivity index (χ2v) is 6.26. The zero-order valence-electron chi connectivity index (χ0n) is 15.2. The molecule has 3 aromatic carbocycles. The number of hydrogen-bond acceptors (Lipinski definition) is 2. The smallest absolute Gasteiger partial charge is 0.254 e. The summed E-state index contributed by atoms with van der Waals surface area (Å²) in [5, 5.41) is 2.83. The third-order valence-electron chi connectivity index (χ3n) is 4.54. The number of hydrogen-bond donors (Lipinski definition) is 1. The Labute approximate surface area is 158 Å². The number of nitrogens with one attached hydrogen (secondary N) is 1. The van der Waals surface area contributed by atoms with E-state index in [2.05, 4.69) is 29.6 Å². The standard InChI is InChI=1S/C23H22FNO2/c1-27-19-12-13-21(22(24)16-19)23(26)25-15-14-20(17-8-4-2-5-9-17)18-10-6-3-7-11-18/h2-13,16,20H,14-15H2,1H3,(H,25,26). The minimum atomic E-state index is -0.588. The quantitative estimate of drug-likeness (QED) is 0.656. The summed E-state index contributed by atoms with van der Waals surface area (Å²) in [4.78, 5) is 12.3. The summed E-state index contributed by atoms with van der Waals surface area (Å²) in [6.07, 6.45) is 0.720. The molecule has 0 spiro atoms. The Morgan fingerprint density at radius 1 is 0.963 bits per heavy atom. The van der Waals surface area contributed by atoms with E-state index in [0.717, 1.165) is 6.42 Å². The number of benzene rings is 3. The third-order valence-corrected chi connectivity index (χ3v) is 4.54. The van der Waals surface area contributed by atoms with Crippen molar-refractivity contribution in [2.45, 2.75) is 12.3 Å². The van der Waals surface area contributed by atoms with Crippen molar-refractivity contribution in [2.75, 3.05) is 13.7 Å². The van der Waals surface area contributed by atoms with Crippen molar-refractivity contribution in [3.8, 4) is 5.75 Å². The summed E-state index contributed by atoms with van der Waals surface area (Å²) in [5.74, 6) is -0.463. The fraction of sp³-hybridized carbons (Fsp3) is 0.174. The van der Waals surface area contributed by atoms with E-state index in [1.165, 1.54) is 30.4 Å². The molecular formula is C23H22FNO2. The molecule has 0 unspecified atom stereocenters. The fourth-order valence-corrected chi connectivity index (χ4v) is 3.13. The van der Waals surface area contributed by atoms with Gasteiger partial charge in [0.2, 0.25) is 0 Å². The van der Waals surface area contributed by atoms with Crippen LogP contribution in [0.25, 0.3) is 0 Å². The van der Waals surface area contributed by atoms with Gasteiger partial charge in [-0.3, -0.25) is 4.79 Å². The van der Waals surface area contributed by atoms with Gasteiger partial charge in [-0.1, -0.05) is 60.7 Å². The van der Waals surface area contributed by atoms with Crippen molar-refractivity contribution in [1.82, 2.24) is 5.32 Å². The molecule has 0 saturated carbocycles. The average Bonchev–Trinajstić information content (AvgIpc) is 2.72. The maximum absolute atomic E-state index is 14.1. The highest BCUT2D eigenvalue weighted by Gasteiger charge is 2.16. The van der Waals surface area contributed by atoms with E-state index in [1.54, 1.807) is 6.07 Å². The first-order chi connectivity index (χ1) is 13.2. The molecule has 4 heteroatoms. The third kappa shape index (κ3) is 4.73. The molecular weight excluding hydrogens is 341 g/mol. The lowest BCUT2D eigenvalue weighted by atomic mass is 9.88. The van der Waals surface area contributed by atoms with Crippen molar-refractivity contribution in [3.05, 3.63) is 101 Å². The van der Waals surface area contributed by atoms with E-state index in [1.807, 2.05) is 36.4 Å². The van der Waals surface area contributed by atoms with Crippen molar-refractivity contribution in [1.29, 1.82) is 0 Å². The van der Waals surface area contributed by atoms with Crippen LogP contribution >= 0.6 is 0 Å². The monoisotopic (exact) mass is 363 g/mol. The molecule has 3 nitrogen and oxygen atoms in total. The van der Waals surface area contributed by atoms with E-state index >= 15 is 0 Å². The number of rotatable bonds is 7. The molecule has 0 aliphatic carbocycles. The van der Waals surface area contributed by atoms with E-state index in [0.29, 0.717) is 12.3 Å². The summed E-state index contributed by atoms with van der Waals surface area (Å²) in [6.45, 7) is 0.443. The Bertz CT molecular complexity index is 842. The van der Waals surface area contributed by atoms with Gasteiger partial charge >= 0.3 is 0 Å². The second kappa shape index (κ2) is 8.99. The number of carbonyl (C=O) groups excluding carboxylic acids is 1. The highest BCUT2D eigenvalue weighted by Crippen LogP contribution is 2.27. The topological polar surface area (TPSA) is 38.3 Å². The van der Waals surface area contributed by atoms with Crippen LogP contribution in [0.2, 0.25) is 0 Å². The van der Waals surface area contributed by atoms with Crippen molar-refractivity contribution in [3.63, 3.8) is 0 Å². The van der Waals surface area contributed by atoms with Crippen LogP contribution in [-0.2, 0) is 0 Å². The lowest BCUT2D eigenvalue weighted by Crippen LogP contribution is -2.26. The van der Waals surface area contributed by atoms with Gasteiger partial charge in [0.15, 0.2) is 0 Å². The first-order valence-corrected chi connectivity index (χ1v) is 8.90. The maximum atomic E-state index is 14.1.